The zero-order valence-electron chi connectivity index (χ0n) is 16.6. The summed E-state index contributed by atoms with van der Waals surface area (Å²) >= 11 is 0. The molecule has 0 aliphatic heterocycles. The molecule has 30 heavy (non-hydrogen) atoms. The Morgan fingerprint density at radius 3 is 2.57 bits per heavy atom. The molecule has 9 heteroatoms. The van der Waals surface area contributed by atoms with Crippen LogP contribution in [0.1, 0.15) is 25.8 Å². The lowest BCUT2D eigenvalue weighted by molar-refractivity contribution is -0.139. The number of hydrogen-bond donors (Lipinski definition) is 3. The van der Waals surface area contributed by atoms with Crippen LogP contribution < -0.4 is 20.8 Å². The number of amides is 3. The summed E-state index contributed by atoms with van der Waals surface area (Å²) in [6.07, 6.45) is 2.05. The quantitative estimate of drug-likeness (QED) is 0.350. The number of nitrogens with one attached hydrogen (secondary N) is 3. The van der Waals surface area contributed by atoms with Crippen molar-refractivity contribution in [3.8, 4) is 5.75 Å². The van der Waals surface area contributed by atoms with Gasteiger partial charge >= 0.3 is 11.8 Å². The lowest BCUT2D eigenvalue weighted by Gasteiger charge is -2.09. The summed E-state index contributed by atoms with van der Waals surface area (Å²) < 4.78 is 18.3. The van der Waals surface area contributed by atoms with Crippen LogP contribution in [0.3, 0.4) is 0 Å². The van der Waals surface area contributed by atoms with Crippen molar-refractivity contribution in [1.82, 2.24) is 10.7 Å². The van der Waals surface area contributed by atoms with Crippen LogP contribution in [0.2, 0.25) is 0 Å². The highest BCUT2D eigenvalue weighted by molar-refractivity contribution is 6.35. The third-order valence-electron chi connectivity index (χ3n) is 3.93. The van der Waals surface area contributed by atoms with Gasteiger partial charge in [0, 0.05) is 11.7 Å². The van der Waals surface area contributed by atoms with Gasteiger partial charge in [-0.3, -0.25) is 14.4 Å². The van der Waals surface area contributed by atoms with Crippen LogP contribution in [0, 0.1) is 5.82 Å². The fourth-order valence-corrected chi connectivity index (χ4v) is 2.17. The van der Waals surface area contributed by atoms with Crippen LogP contribution in [0.25, 0.3) is 0 Å². The number of carbonyl (C=O) groups is 3. The Morgan fingerprint density at radius 1 is 1.13 bits per heavy atom. The van der Waals surface area contributed by atoms with Crippen LogP contribution >= 0.6 is 0 Å². The molecule has 2 aromatic rings. The van der Waals surface area contributed by atoms with E-state index in [-0.39, 0.29) is 12.6 Å². The number of anilines is 1. The van der Waals surface area contributed by atoms with Gasteiger partial charge in [-0.25, -0.2) is 9.82 Å². The van der Waals surface area contributed by atoms with Gasteiger partial charge in [0.2, 0.25) is 0 Å². The maximum Gasteiger partial charge on any atom is 0.329 e. The summed E-state index contributed by atoms with van der Waals surface area (Å²) in [7, 11) is 0. The van der Waals surface area contributed by atoms with Crippen LogP contribution in [0.15, 0.2) is 53.6 Å². The van der Waals surface area contributed by atoms with Gasteiger partial charge in [-0.15, -0.1) is 0 Å². The van der Waals surface area contributed by atoms with Crippen LogP contribution in [-0.4, -0.2) is 36.6 Å². The molecule has 3 N–H and O–H groups in total. The SMILES string of the molecule is CC[C@H](C)NC(=O)C(=O)N/N=C\c1cccc(OCC(=O)Nc2ccc(F)cc2)c1. The largest absolute Gasteiger partial charge is 0.484 e. The first-order valence-electron chi connectivity index (χ1n) is 9.29. The average Bonchev–Trinajstić information content (AvgIpc) is 2.74. The highest BCUT2D eigenvalue weighted by Gasteiger charge is 2.14. The van der Waals surface area contributed by atoms with Crippen molar-refractivity contribution in [1.29, 1.82) is 0 Å². The first-order chi connectivity index (χ1) is 14.4. The molecule has 1 atom stereocenters. The van der Waals surface area contributed by atoms with Gasteiger partial charge in [-0.1, -0.05) is 19.1 Å². The molecular formula is C21H23FN4O4. The smallest absolute Gasteiger partial charge is 0.329 e. The number of carbonyl (C=O) groups excluding carboxylic acids is 3. The highest BCUT2D eigenvalue weighted by atomic mass is 19.1. The predicted octanol–water partition coefficient (Wildman–Crippen LogP) is 2.21. The van der Waals surface area contributed by atoms with E-state index in [1.807, 2.05) is 6.92 Å². The van der Waals surface area contributed by atoms with Gasteiger partial charge < -0.3 is 15.4 Å². The monoisotopic (exact) mass is 414 g/mol. The van der Waals surface area contributed by atoms with Gasteiger partial charge in [0.25, 0.3) is 5.91 Å². The van der Waals surface area contributed by atoms with Gasteiger partial charge in [0.05, 0.1) is 6.21 Å². The van der Waals surface area contributed by atoms with E-state index < -0.39 is 23.5 Å². The van der Waals surface area contributed by atoms with Gasteiger partial charge in [-0.05, 0) is 55.3 Å². The van der Waals surface area contributed by atoms with Crippen LogP contribution in [0.4, 0.5) is 10.1 Å². The Kier molecular flexibility index (Phi) is 8.49. The van der Waals surface area contributed by atoms with E-state index in [1.54, 1.807) is 31.2 Å². The number of hydrazone groups is 1. The second-order valence-electron chi connectivity index (χ2n) is 6.40. The second-order valence-corrected chi connectivity index (χ2v) is 6.40. The highest BCUT2D eigenvalue weighted by Crippen LogP contribution is 2.13. The van der Waals surface area contributed by atoms with Crippen molar-refractivity contribution in [3.63, 3.8) is 0 Å². The average molecular weight is 414 g/mol. The van der Waals surface area contributed by atoms with Gasteiger partial charge in [-0.2, -0.15) is 5.10 Å². The Morgan fingerprint density at radius 2 is 1.87 bits per heavy atom. The number of ether oxygens (including phenoxy) is 1. The topological polar surface area (TPSA) is 109 Å². The third-order valence-corrected chi connectivity index (χ3v) is 3.93. The van der Waals surface area contributed by atoms with Crippen molar-refractivity contribution in [2.45, 2.75) is 26.3 Å². The minimum absolute atomic E-state index is 0.110. The van der Waals surface area contributed by atoms with E-state index in [4.69, 9.17) is 4.74 Å². The zero-order valence-corrected chi connectivity index (χ0v) is 16.6. The Labute approximate surface area is 173 Å². The maximum absolute atomic E-state index is 12.9. The van der Waals surface area contributed by atoms with Crippen LogP contribution in [0.5, 0.6) is 5.75 Å². The maximum atomic E-state index is 12.9. The lowest BCUT2D eigenvalue weighted by atomic mass is 10.2. The standard InChI is InChI=1S/C21H23FN4O4/c1-3-14(2)24-20(28)21(29)26-23-12-15-5-4-6-18(11-15)30-13-19(27)25-17-9-7-16(22)8-10-17/h4-12,14H,3,13H2,1-2H3,(H,24,28)(H,25,27)(H,26,29)/b23-12-/t14-/m0/s1. The summed E-state index contributed by atoms with van der Waals surface area (Å²) in [4.78, 5) is 35.2. The van der Waals surface area contributed by atoms with Crippen molar-refractivity contribution in [2.75, 3.05) is 11.9 Å². The van der Waals surface area contributed by atoms with E-state index in [2.05, 4.69) is 21.2 Å². The molecule has 0 aliphatic carbocycles. The molecule has 0 radical (unpaired) electrons. The number of rotatable bonds is 8. The number of halogens is 1. The van der Waals surface area contributed by atoms with E-state index in [0.29, 0.717) is 23.4 Å². The molecule has 0 heterocycles. The molecule has 0 bridgehead atoms. The molecule has 0 aromatic heterocycles. The van der Waals surface area contributed by atoms with E-state index in [9.17, 15) is 18.8 Å². The molecule has 2 aromatic carbocycles. The van der Waals surface area contributed by atoms with Crippen molar-refractivity contribution in [3.05, 3.63) is 59.9 Å². The fraction of sp³-hybridized carbons (Fsp3) is 0.238. The molecule has 3 amide bonds. The summed E-state index contributed by atoms with van der Waals surface area (Å²) in [5.74, 6) is -2.01. The van der Waals surface area contributed by atoms with E-state index in [0.717, 1.165) is 0 Å². The first kappa shape index (κ1) is 22.5. The summed E-state index contributed by atoms with van der Waals surface area (Å²) in [6.45, 7) is 3.44. The second kappa shape index (κ2) is 11.3. The Hall–Kier alpha value is -3.75. The first-order valence-corrected chi connectivity index (χ1v) is 9.29. The molecule has 2 rings (SSSR count). The molecular weight excluding hydrogens is 391 g/mol. The lowest BCUT2D eigenvalue weighted by Crippen LogP contribution is -2.41. The van der Waals surface area contributed by atoms with Crippen LogP contribution in [-0.2, 0) is 14.4 Å². The normalized spacial score (nSPS) is 11.6. The Balaban J connectivity index is 1.83. The zero-order chi connectivity index (χ0) is 21.9. The minimum atomic E-state index is -0.864. The molecule has 0 saturated heterocycles. The Bertz CT molecular complexity index is 915. The molecule has 0 spiro atoms. The van der Waals surface area contributed by atoms with Gasteiger partial charge in [0.1, 0.15) is 11.6 Å². The summed E-state index contributed by atoms with van der Waals surface area (Å²) in [6, 6.07) is 11.9. The number of hydrogen-bond acceptors (Lipinski definition) is 5. The van der Waals surface area contributed by atoms with E-state index >= 15 is 0 Å². The summed E-state index contributed by atoms with van der Waals surface area (Å²) in [5, 5.41) is 8.86. The molecule has 158 valence electrons. The number of benzene rings is 2. The van der Waals surface area contributed by atoms with E-state index in [1.165, 1.54) is 30.5 Å². The van der Waals surface area contributed by atoms with Crippen molar-refractivity contribution in [2.24, 2.45) is 5.10 Å². The minimum Gasteiger partial charge on any atom is -0.484 e. The molecule has 8 nitrogen and oxygen atoms in total. The molecule has 0 aliphatic rings. The molecule has 0 unspecified atom stereocenters. The molecule has 0 saturated carbocycles. The third kappa shape index (κ3) is 7.70. The fourth-order valence-electron chi connectivity index (χ4n) is 2.17. The van der Waals surface area contributed by atoms with Crippen molar-refractivity contribution < 1.29 is 23.5 Å². The number of nitrogens with zero attached hydrogens (tertiary/aromatic N) is 1. The molecule has 0 fully saturated rings. The van der Waals surface area contributed by atoms with Crippen molar-refractivity contribution >= 4 is 29.6 Å². The van der Waals surface area contributed by atoms with Gasteiger partial charge in [0.15, 0.2) is 6.61 Å². The summed E-state index contributed by atoms with van der Waals surface area (Å²) in [5.41, 5.74) is 3.20. The predicted molar refractivity (Wildman–Crippen MR) is 111 cm³/mol.